The number of fused-ring (bicyclic) bond motifs is 3. The van der Waals surface area contributed by atoms with Crippen LogP contribution in [-0.4, -0.2) is 43.7 Å². The largest absolute Gasteiger partial charge is 0.492 e. The Hall–Kier alpha value is -2.01. The highest BCUT2D eigenvalue weighted by Gasteiger charge is 2.25. The van der Waals surface area contributed by atoms with Gasteiger partial charge in [-0.05, 0) is 62.0 Å². The standard InChI is InChI=1S/C21H24ClN3O/c1-25(2)10-11-26-16-5-3-4-14(12-16)20-21-17(8-9-23-20)18-13-15(22)6-7-19(18)24-21/h3-7,12-13,20,23-24H,8-11H2,1-2H3. The summed E-state index contributed by atoms with van der Waals surface area (Å²) >= 11 is 6.21. The summed E-state index contributed by atoms with van der Waals surface area (Å²) < 4.78 is 5.91. The van der Waals surface area contributed by atoms with E-state index in [0.29, 0.717) is 6.61 Å². The lowest BCUT2D eigenvalue weighted by atomic mass is 9.94. The van der Waals surface area contributed by atoms with E-state index in [2.05, 4.69) is 59.6 Å². The first-order valence-electron chi connectivity index (χ1n) is 9.02. The Morgan fingerprint density at radius 3 is 2.92 bits per heavy atom. The fourth-order valence-corrected chi connectivity index (χ4v) is 3.79. The van der Waals surface area contributed by atoms with E-state index in [1.54, 1.807) is 0 Å². The van der Waals surface area contributed by atoms with Gasteiger partial charge in [0, 0.05) is 34.7 Å². The molecule has 0 amide bonds. The van der Waals surface area contributed by atoms with Gasteiger partial charge in [0.2, 0.25) is 0 Å². The topological polar surface area (TPSA) is 40.3 Å². The molecule has 1 aliphatic heterocycles. The molecule has 0 radical (unpaired) electrons. The van der Waals surface area contributed by atoms with Crippen LogP contribution in [0.15, 0.2) is 42.5 Å². The Balaban J connectivity index is 1.64. The summed E-state index contributed by atoms with van der Waals surface area (Å²) in [5.74, 6) is 0.914. The maximum Gasteiger partial charge on any atom is 0.119 e. The van der Waals surface area contributed by atoms with E-state index < -0.39 is 0 Å². The number of halogens is 1. The molecular weight excluding hydrogens is 346 g/mol. The summed E-state index contributed by atoms with van der Waals surface area (Å²) in [5, 5.41) is 5.66. The lowest BCUT2D eigenvalue weighted by Gasteiger charge is -2.25. The minimum atomic E-state index is 0.141. The predicted octanol–water partition coefficient (Wildman–Crippen LogP) is 4.00. The van der Waals surface area contributed by atoms with Gasteiger partial charge in [-0.2, -0.15) is 0 Å². The van der Waals surface area contributed by atoms with Crippen molar-refractivity contribution < 1.29 is 4.74 Å². The Bertz CT molecular complexity index is 919. The van der Waals surface area contributed by atoms with Crippen molar-refractivity contribution in [3.05, 3.63) is 64.3 Å². The number of likely N-dealkylation sites (N-methyl/N-ethyl adjacent to an activating group) is 1. The minimum absolute atomic E-state index is 0.141. The molecule has 5 heteroatoms. The molecule has 2 heterocycles. The van der Waals surface area contributed by atoms with E-state index >= 15 is 0 Å². The number of aromatic amines is 1. The van der Waals surface area contributed by atoms with Crippen molar-refractivity contribution in [1.82, 2.24) is 15.2 Å². The van der Waals surface area contributed by atoms with Crippen LogP contribution in [0.4, 0.5) is 0 Å². The lowest BCUT2D eigenvalue weighted by Crippen LogP contribution is -2.30. The maximum atomic E-state index is 6.21. The molecule has 0 spiro atoms. The Morgan fingerprint density at radius 2 is 2.08 bits per heavy atom. The van der Waals surface area contributed by atoms with Crippen LogP contribution in [0, 0.1) is 0 Å². The zero-order valence-electron chi connectivity index (χ0n) is 15.2. The number of nitrogens with one attached hydrogen (secondary N) is 2. The zero-order chi connectivity index (χ0) is 18.1. The molecule has 0 saturated carbocycles. The third-order valence-electron chi connectivity index (χ3n) is 4.91. The molecular formula is C21H24ClN3O. The van der Waals surface area contributed by atoms with Gasteiger partial charge in [-0.1, -0.05) is 23.7 Å². The number of H-pyrrole nitrogens is 1. The molecule has 1 aromatic heterocycles. The highest BCUT2D eigenvalue weighted by Crippen LogP contribution is 2.35. The van der Waals surface area contributed by atoms with Crippen LogP contribution in [0.5, 0.6) is 5.75 Å². The summed E-state index contributed by atoms with van der Waals surface area (Å²) in [5.41, 5.74) is 4.96. The summed E-state index contributed by atoms with van der Waals surface area (Å²) in [4.78, 5) is 5.72. The second kappa shape index (κ2) is 7.31. The molecule has 2 aromatic carbocycles. The summed E-state index contributed by atoms with van der Waals surface area (Å²) in [6.45, 7) is 2.53. The predicted molar refractivity (Wildman–Crippen MR) is 107 cm³/mol. The van der Waals surface area contributed by atoms with Crippen molar-refractivity contribution in [2.75, 3.05) is 33.8 Å². The van der Waals surface area contributed by atoms with Gasteiger partial charge < -0.3 is 19.9 Å². The molecule has 4 rings (SSSR count). The first kappa shape index (κ1) is 17.4. The van der Waals surface area contributed by atoms with Crippen molar-refractivity contribution in [3.63, 3.8) is 0 Å². The van der Waals surface area contributed by atoms with E-state index in [9.17, 15) is 0 Å². The monoisotopic (exact) mass is 369 g/mol. The molecule has 2 N–H and O–H groups in total. The van der Waals surface area contributed by atoms with E-state index in [0.717, 1.165) is 35.8 Å². The van der Waals surface area contributed by atoms with Gasteiger partial charge in [0.15, 0.2) is 0 Å². The quantitative estimate of drug-likeness (QED) is 0.714. The fraction of sp³-hybridized carbons (Fsp3) is 0.333. The molecule has 136 valence electrons. The third-order valence-corrected chi connectivity index (χ3v) is 5.15. The molecule has 3 aromatic rings. The van der Waals surface area contributed by atoms with Crippen LogP contribution in [0.2, 0.25) is 5.02 Å². The molecule has 1 atom stereocenters. The second-order valence-electron chi connectivity index (χ2n) is 7.07. The van der Waals surface area contributed by atoms with Gasteiger partial charge >= 0.3 is 0 Å². The summed E-state index contributed by atoms with van der Waals surface area (Å²) in [7, 11) is 4.10. The number of aromatic nitrogens is 1. The molecule has 26 heavy (non-hydrogen) atoms. The van der Waals surface area contributed by atoms with Crippen molar-refractivity contribution in [2.45, 2.75) is 12.5 Å². The first-order chi connectivity index (χ1) is 12.6. The fourth-order valence-electron chi connectivity index (χ4n) is 3.61. The van der Waals surface area contributed by atoms with Crippen LogP contribution in [0.25, 0.3) is 10.9 Å². The van der Waals surface area contributed by atoms with E-state index in [1.807, 2.05) is 12.1 Å². The lowest BCUT2D eigenvalue weighted by molar-refractivity contribution is 0.261. The van der Waals surface area contributed by atoms with Gasteiger partial charge in [0.25, 0.3) is 0 Å². The van der Waals surface area contributed by atoms with Crippen LogP contribution < -0.4 is 10.1 Å². The molecule has 0 fully saturated rings. The van der Waals surface area contributed by atoms with Crippen LogP contribution in [-0.2, 0) is 6.42 Å². The second-order valence-corrected chi connectivity index (χ2v) is 7.50. The molecule has 4 nitrogen and oxygen atoms in total. The van der Waals surface area contributed by atoms with Gasteiger partial charge in [-0.15, -0.1) is 0 Å². The van der Waals surface area contributed by atoms with Crippen LogP contribution >= 0.6 is 11.6 Å². The Morgan fingerprint density at radius 1 is 1.19 bits per heavy atom. The third kappa shape index (κ3) is 3.45. The molecule has 1 unspecified atom stereocenters. The number of hydrogen-bond donors (Lipinski definition) is 2. The average molecular weight is 370 g/mol. The Labute approximate surface area is 159 Å². The van der Waals surface area contributed by atoms with E-state index in [1.165, 1.54) is 22.2 Å². The van der Waals surface area contributed by atoms with Crippen LogP contribution in [0.1, 0.15) is 22.9 Å². The van der Waals surface area contributed by atoms with Crippen molar-refractivity contribution in [2.24, 2.45) is 0 Å². The number of benzene rings is 2. The van der Waals surface area contributed by atoms with Crippen molar-refractivity contribution >= 4 is 22.5 Å². The van der Waals surface area contributed by atoms with Gasteiger partial charge in [0.1, 0.15) is 12.4 Å². The normalized spacial score (nSPS) is 16.8. The number of hydrogen-bond acceptors (Lipinski definition) is 3. The SMILES string of the molecule is CN(C)CCOc1cccc(C2NCCc3c2[nH]c2ccc(Cl)cc32)c1. The maximum absolute atomic E-state index is 6.21. The minimum Gasteiger partial charge on any atom is -0.492 e. The highest BCUT2D eigenvalue weighted by atomic mass is 35.5. The molecule has 1 aliphatic rings. The number of ether oxygens (including phenoxy) is 1. The van der Waals surface area contributed by atoms with Gasteiger partial charge in [-0.3, -0.25) is 0 Å². The first-order valence-corrected chi connectivity index (χ1v) is 9.40. The number of nitrogens with zero attached hydrogens (tertiary/aromatic N) is 1. The van der Waals surface area contributed by atoms with Crippen molar-refractivity contribution in [1.29, 1.82) is 0 Å². The number of rotatable bonds is 5. The van der Waals surface area contributed by atoms with Crippen LogP contribution in [0.3, 0.4) is 0 Å². The average Bonchev–Trinajstić information content (AvgIpc) is 2.99. The van der Waals surface area contributed by atoms with Gasteiger partial charge in [0.05, 0.1) is 6.04 Å². The van der Waals surface area contributed by atoms with Crippen molar-refractivity contribution in [3.8, 4) is 5.75 Å². The Kier molecular flexibility index (Phi) is 4.90. The summed E-state index contributed by atoms with van der Waals surface area (Å²) in [6, 6.07) is 14.6. The summed E-state index contributed by atoms with van der Waals surface area (Å²) in [6.07, 6.45) is 1.01. The molecule has 0 bridgehead atoms. The van der Waals surface area contributed by atoms with E-state index in [-0.39, 0.29) is 6.04 Å². The smallest absolute Gasteiger partial charge is 0.119 e. The molecule has 0 saturated heterocycles. The highest BCUT2D eigenvalue weighted by molar-refractivity contribution is 6.31. The zero-order valence-corrected chi connectivity index (χ0v) is 15.9. The van der Waals surface area contributed by atoms with Gasteiger partial charge in [-0.25, -0.2) is 0 Å². The molecule has 0 aliphatic carbocycles. The van der Waals surface area contributed by atoms with E-state index in [4.69, 9.17) is 16.3 Å².